The van der Waals surface area contributed by atoms with Crippen LogP contribution in [0.5, 0.6) is 5.75 Å². The molecule has 4 aromatic rings. The Morgan fingerprint density at radius 3 is 2.81 bits per heavy atom. The molecular weight excluding hydrogens is 524 g/mol. The zero-order valence-electron chi connectivity index (χ0n) is 16.9. The van der Waals surface area contributed by atoms with Gasteiger partial charge in [0, 0.05) is 11.1 Å². The number of nitrogens with two attached hydrogens (primary N) is 1. The highest BCUT2D eigenvalue weighted by atomic mass is 127. The number of carbonyl (C=O) groups excluding carboxylic acids is 1. The summed E-state index contributed by atoms with van der Waals surface area (Å²) >= 11 is 2.09. The lowest BCUT2D eigenvalue weighted by atomic mass is 9.83. The molecule has 0 fully saturated rings. The number of nitrogen functional groups attached to an aromatic ring is 1. The maximum absolute atomic E-state index is 14.2. The summed E-state index contributed by atoms with van der Waals surface area (Å²) in [5.74, 6) is 0.374. The lowest BCUT2D eigenvalue weighted by Gasteiger charge is -2.31. The van der Waals surface area contributed by atoms with Gasteiger partial charge >= 0.3 is 0 Å². The largest absolute Gasteiger partial charge is 0.459 e. The molecule has 9 heteroatoms. The van der Waals surface area contributed by atoms with Crippen molar-refractivity contribution in [1.29, 1.82) is 0 Å². The van der Waals surface area contributed by atoms with Crippen LogP contribution in [0.3, 0.4) is 0 Å². The first-order chi connectivity index (χ1) is 15.5. The monoisotopic (exact) mass is 541 g/mol. The first kappa shape index (κ1) is 20.6. The van der Waals surface area contributed by atoms with E-state index in [1.54, 1.807) is 16.8 Å². The Bertz CT molecular complexity index is 1400. The Hall–Kier alpha value is -3.34. The smallest absolute Gasteiger partial charge is 0.165 e. The van der Waals surface area contributed by atoms with Gasteiger partial charge in [-0.25, -0.2) is 19.0 Å². The van der Waals surface area contributed by atoms with E-state index in [9.17, 15) is 9.18 Å². The number of halogens is 2. The van der Waals surface area contributed by atoms with Crippen molar-refractivity contribution in [2.45, 2.75) is 18.9 Å². The minimum absolute atomic E-state index is 0.331. The number of allylic oxidation sites excluding steroid dienone is 2. The van der Waals surface area contributed by atoms with Gasteiger partial charge in [-0.15, -0.1) is 0 Å². The quantitative estimate of drug-likeness (QED) is 0.302. The van der Waals surface area contributed by atoms with Crippen molar-refractivity contribution in [3.05, 3.63) is 81.3 Å². The molecule has 0 aliphatic carbocycles. The number of anilines is 1. The van der Waals surface area contributed by atoms with E-state index in [0.717, 1.165) is 11.8 Å². The molecule has 2 atom stereocenters. The number of fused-ring (bicyclic) bond motifs is 2. The van der Waals surface area contributed by atoms with Crippen LogP contribution in [0.15, 0.2) is 60.6 Å². The van der Waals surface area contributed by atoms with E-state index in [0.29, 0.717) is 43.2 Å². The third kappa shape index (κ3) is 3.24. The summed E-state index contributed by atoms with van der Waals surface area (Å²) in [5, 5.41) is 5.27. The minimum atomic E-state index is -0.625. The summed E-state index contributed by atoms with van der Waals surface area (Å²) in [6.07, 6.45) is 2.24. The van der Waals surface area contributed by atoms with Crippen LogP contribution >= 0.6 is 22.6 Å². The number of ether oxygens (including phenoxy) is 1. The van der Waals surface area contributed by atoms with Crippen LogP contribution < -0.4 is 10.5 Å². The highest BCUT2D eigenvalue weighted by molar-refractivity contribution is 14.1. The molecule has 0 radical (unpaired) electrons. The zero-order chi connectivity index (χ0) is 22.4. The Labute approximate surface area is 196 Å². The molecule has 2 N–H and O–H groups in total. The number of nitrogens with zero attached hydrogens (tertiary/aromatic N) is 4. The summed E-state index contributed by atoms with van der Waals surface area (Å²) in [6.45, 7) is 1.89. The van der Waals surface area contributed by atoms with Crippen LogP contribution in [-0.4, -0.2) is 26.0 Å². The Kier molecular flexibility index (Phi) is 5.12. The molecule has 2 unspecified atom stereocenters. The third-order valence-electron chi connectivity index (χ3n) is 5.54. The Morgan fingerprint density at radius 2 is 2.03 bits per heavy atom. The first-order valence-electron chi connectivity index (χ1n) is 9.86. The lowest BCUT2D eigenvalue weighted by molar-refractivity contribution is -0.108. The van der Waals surface area contributed by atoms with Crippen LogP contribution in [0.2, 0.25) is 0 Å². The first-order valence-corrected chi connectivity index (χ1v) is 10.9. The zero-order valence-corrected chi connectivity index (χ0v) is 19.0. The standard InChI is InChI=1S/C23H17FIN5O2/c1-12(30-23-19(21(25)29-30)22(26)27-11-28-23)20-18(13-5-4-6-14(24)9-13)16(10-31)15-7-2-3-8-17(15)32-20/h2-12,16H,1H3,(H2,26,27,28). The lowest BCUT2D eigenvalue weighted by Crippen LogP contribution is -2.23. The van der Waals surface area contributed by atoms with Gasteiger partial charge in [0.2, 0.25) is 0 Å². The van der Waals surface area contributed by atoms with Crippen molar-refractivity contribution in [3.63, 3.8) is 0 Å². The Morgan fingerprint density at radius 1 is 1.22 bits per heavy atom. The van der Waals surface area contributed by atoms with Crippen molar-refractivity contribution in [2.75, 3.05) is 5.73 Å². The second kappa shape index (κ2) is 7.97. The van der Waals surface area contributed by atoms with Crippen LogP contribution in [0.4, 0.5) is 10.2 Å². The van der Waals surface area contributed by atoms with Gasteiger partial charge in [0.1, 0.15) is 45.5 Å². The highest BCUT2D eigenvalue weighted by Gasteiger charge is 2.34. The maximum atomic E-state index is 14.2. The molecule has 0 saturated carbocycles. The molecule has 160 valence electrons. The molecule has 1 aliphatic rings. The van der Waals surface area contributed by atoms with Crippen LogP contribution in [0, 0.1) is 9.52 Å². The van der Waals surface area contributed by atoms with Gasteiger partial charge < -0.3 is 15.3 Å². The van der Waals surface area contributed by atoms with Crippen LogP contribution in [-0.2, 0) is 4.79 Å². The molecule has 5 rings (SSSR count). The van der Waals surface area contributed by atoms with E-state index in [2.05, 4.69) is 37.7 Å². The number of hydrogen-bond donors (Lipinski definition) is 1. The number of carbonyl (C=O) groups is 1. The van der Waals surface area contributed by atoms with Crippen LogP contribution in [0.25, 0.3) is 16.6 Å². The van der Waals surface area contributed by atoms with Gasteiger partial charge in [-0.1, -0.05) is 30.3 Å². The van der Waals surface area contributed by atoms with Gasteiger partial charge in [-0.2, -0.15) is 5.10 Å². The second-order valence-corrected chi connectivity index (χ2v) is 8.43. The molecule has 2 aromatic carbocycles. The normalized spacial score (nSPS) is 16.5. The molecule has 7 nitrogen and oxygen atoms in total. The third-order valence-corrected chi connectivity index (χ3v) is 6.30. The molecule has 0 amide bonds. The van der Waals surface area contributed by atoms with Gasteiger partial charge in [0.05, 0.1) is 11.3 Å². The number of aromatic nitrogens is 4. The molecule has 1 aliphatic heterocycles. The fourth-order valence-corrected chi connectivity index (χ4v) is 4.83. The summed E-state index contributed by atoms with van der Waals surface area (Å²) in [5.41, 5.74) is 8.48. The average molecular weight is 541 g/mol. The molecule has 32 heavy (non-hydrogen) atoms. The number of para-hydroxylation sites is 1. The van der Waals surface area contributed by atoms with E-state index in [1.165, 1.54) is 18.5 Å². The predicted molar refractivity (Wildman–Crippen MR) is 126 cm³/mol. The molecular formula is C23H17FIN5O2. The topological polar surface area (TPSA) is 95.9 Å². The highest BCUT2D eigenvalue weighted by Crippen LogP contribution is 2.46. The predicted octanol–water partition coefficient (Wildman–Crippen LogP) is 4.50. The molecule has 3 heterocycles. The van der Waals surface area contributed by atoms with E-state index >= 15 is 0 Å². The van der Waals surface area contributed by atoms with Crippen LogP contribution in [0.1, 0.15) is 30.0 Å². The van der Waals surface area contributed by atoms with Crippen molar-refractivity contribution in [1.82, 2.24) is 19.7 Å². The molecule has 0 saturated heterocycles. The van der Waals surface area contributed by atoms with E-state index in [-0.39, 0.29) is 0 Å². The summed E-state index contributed by atoms with van der Waals surface area (Å²) in [7, 11) is 0. The number of benzene rings is 2. The van der Waals surface area contributed by atoms with E-state index in [1.807, 2.05) is 31.2 Å². The summed E-state index contributed by atoms with van der Waals surface area (Å²) < 4.78 is 22.8. The second-order valence-electron chi connectivity index (χ2n) is 7.41. The van der Waals surface area contributed by atoms with Gasteiger partial charge in [0.15, 0.2) is 5.65 Å². The van der Waals surface area contributed by atoms with Gasteiger partial charge in [-0.3, -0.25) is 0 Å². The van der Waals surface area contributed by atoms with Crippen molar-refractivity contribution >= 4 is 51.3 Å². The van der Waals surface area contributed by atoms with Crippen molar-refractivity contribution in [3.8, 4) is 5.75 Å². The number of aldehydes is 1. The molecule has 2 aromatic heterocycles. The fraction of sp³-hybridized carbons (Fsp3) is 0.130. The SMILES string of the molecule is CC(C1=C(c2cccc(F)c2)C(C=O)c2ccccc2O1)n1nc(I)c2c(N)ncnc21. The molecule has 0 spiro atoms. The van der Waals surface area contributed by atoms with Gasteiger partial charge in [0.25, 0.3) is 0 Å². The minimum Gasteiger partial charge on any atom is -0.459 e. The van der Waals surface area contributed by atoms with E-state index < -0.39 is 17.8 Å². The number of rotatable bonds is 4. The maximum Gasteiger partial charge on any atom is 0.165 e. The van der Waals surface area contributed by atoms with E-state index in [4.69, 9.17) is 10.5 Å². The number of hydrogen-bond acceptors (Lipinski definition) is 6. The summed E-state index contributed by atoms with van der Waals surface area (Å²) in [6, 6.07) is 13.0. The van der Waals surface area contributed by atoms with Crippen molar-refractivity contribution < 1.29 is 13.9 Å². The van der Waals surface area contributed by atoms with Gasteiger partial charge in [-0.05, 0) is 53.3 Å². The molecule has 0 bridgehead atoms. The van der Waals surface area contributed by atoms with Crippen molar-refractivity contribution in [2.24, 2.45) is 0 Å². The Balaban J connectivity index is 1.77. The summed E-state index contributed by atoms with van der Waals surface area (Å²) in [4.78, 5) is 20.7. The average Bonchev–Trinajstić information content (AvgIpc) is 3.14. The fourth-order valence-electron chi connectivity index (χ4n) is 4.08.